The summed E-state index contributed by atoms with van der Waals surface area (Å²) in [6, 6.07) is 6.32. The fraction of sp³-hybridized carbons (Fsp3) is 0.467. The molecule has 21 heavy (non-hydrogen) atoms. The second kappa shape index (κ2) is 7.17. The van der Waals surface area contributed by atoms with E-state index in [1.165, 1.54) is 12.1 Å². The molecule has 1 unspecified atom stereocenters. The summed E-state index contributed by atoms with van der Waals surface area (Å²) in [5.74, 6) is -0.550. The molecule has 0 aromatic heterocycles. The summed E-state index contributed by atoms with van der Waals surface area (Å²) in [6.07, 6.45) is 2.18. The Morgan fingerprint density at radius 1 is 1.29 bits per heavy atom. The number of benzene rings is 1. The highest BCUT2D eigenvalue weighted by molar-refractivity contribution is 5.94. The van der Waals surface area contributed by atoms with Gasteiger partial charge in [-0.05, 0) is 19.1 Å². The molecule has 0 spiro atoms. The first-order valence-electron chi connectivity index (χ1n) is 7.25. The number of urea groups is 1. The van der Waals surface area contributed by atoms with Crippen LogP contribution in [0.4, 0.5) is 9.18 Å². The Hall–Kier alpha value is -1.95. The lowest BCUT2D eigenvalue weighted by molar-refractivity contribution is -0.917. The van der Waals surface area contributed by atoms with E-state index in [0.29, 0.717) is 19.1 Å². The summed E-state index contributed by atoms with van der Waals surface area (Å²) in [7, 11) is 0. The lowest BCUT2D eigenvalue weighted by Crippen LogP contribution is -3.13. The van der Waals surface area contributed by atoms with Crippen molar-refractivity contribution in [3.8, 4) is 0 Å². The fourth-order valence-corrected chi connectivity index (χ4v) is 2.29. The minimum Gasteiger partial charge on any atom is -0.338 e. The Morgan fingerprint density at radius 3 is 2.52 bits per heavy atom. The number of hydrogen-bond acceptors (Lipinski definition) is 2. The van der Waals surface area contributed by atoms with Crippen molar-refractivity contribution in [3.05, 3.63) is 35.6 Å². The molecule has 1 aromatic rings. The van der Waals surface area contributed by atoms with Gasteiger partial charge in [0.25, 0.3) is 5.91 Å². The molecule has 5 nitrogen and oxygen atoms in total. The van der Waals surface area contributed by atoms with E-state index in [4.69, 9.17) is 0 Å². The van der Waals surface area contributed by atoms with Gasteiger partial charge in [0.05, 0.1) is 6.04 Å². The molecule has 1 fully saturated rings. The van der Waals surface area contributed by atoms with E-state index in [-0.39, 0.29) is 18.3 Å². The molecule has 6 heteroatoms. The Kier molecular flexibility index (Phi) is 5.27. The zero-order chi connectivity index (χ0) is 15.2. The van der Waals surface area contributed by atoms with Gasteiger partial charge in [-0.25, -0.2) is 9.18 Å². The maximum absolute atomic E-state index is 12.9. The first-order chi connectivity index (χ1) is 10.1. The number of quaternary nitrogens is 1. The van der Waals surface area contributed by atoms with E-state index in [2.05, 4.69) is 10.6 Å². The molecule has 0 heterocycles. The maximum Gasteiger partial charge on any atom is 0.321 e. The number of hydrogen-bond donors (Lipinski definition) is 3. The van der Waals surface area contributed by atoms with Gasteiger partial charge >= 0.3 is 6.03 Å². The average Bonchev–Trinajstić information content (AvgIpc) is 3.25. The lowest BCUT2D eigenvalue weighted by Gasteiger charge is -2.18. The molecule has 1 aliphatic carbocycles. The normalized spacial score (nSPS) is 15.3. The minimum absolute atomic E-state index is 0.249. The van der Waals surface area contributed by atoms with Gasteiger partial charge in [0.2, 0.25) is 0 Å². The Labute approximate surface area is 123 Å². The monoisotopic (exact) mass is 294 g/mol. The number of nitrogens with one attached hydrogen (secondary N) is 3. The molecule has 114 valence electrons. The zero-order valence-corrected chi connectivity index (χ0v) is 12.1. The lowest BCUT2D eigenvalue weighted by atomic mass is 10.2. The fourth-order valence-electron chi connectivity index (χ4n) is 2.29. The van der Waals surface area contributed by atoms with Gasteiger partial charge in [-0.3, -0.25) is 10.1 Å². The number of rotatable bonds is 6. The Bertz CT molecular complexity index is 500. The van der Waals surface area contributed by atoms with Crippen molar-refractivity contribution in [2.24, 2.45) is 0 Å². The first kappa shape index (κ1) is 15.4. The number of carbonyl (C=O) groups is 2. The molecular weight excluding hydrogens is 273 g/mol. The smallest absolute Gasteiger partial charge is 0.321 e. The summed E-state index contributed by atoms with van der Waals surface area (Å²) in [5, 5.41) is 4.85. The molecule has 0 bridgehead atoms. The van der Waals surface area contributed by atoms with Crippen molar-refractivity contribution >= 4 is 11.9 Å². The number of amides is 3. The third kappa shape index (κ3) is 5.15. The summed E-state index contributed by atoms with van der Waals surface area (Å²) in [5.41, 5.74) is 0.990. The molecule has 1 aromatic carbocycles. The second-order valence-electron chi connectivity index (χ2n) is 5.32. The van der Waals surface area contributed by atoms with Gasteiger partial charge in [-0.2, -0.15) is 0 Å². The van der Waals surface area contributed by atoms with Crippen LogP contribution in [-0.2, 0) is 11.3 Å². The largest absolute Gasteiger partial charge is 0.338 e. The predicted molar refractivity (Wildman–Crippen MR) is 76.2 cm³/mol. The van der Waals surface area contributed by atoms with Crippen molar-refractivity contribution in [1.82, 2.24) is 10.6 Å². The van der Waals surface area contributed by atoms with Crippen LogP contribution in [-0.4, -0.2) is 31.1 Å². The van der Waals surface area contributed by atoms with Crippen molar-refractivity contribution in [2.75, 3.05) is 13.1 Å². The number of halogens is 1. The average molecular weight is 294 g/mol. The van der Waals surface area contributed by atoms with Crippen LogP contribution in [0.2, 0.25) is 0 Å². The van der Waals surface area contributed by atoms with Crippen LogP contribution in [0.15, 0.2) is 24.3 Å². The molecule has 1 aliphatic rings. The third-order valence-corrected chi connectivity index (χ3v) is 3.48. The molecule has 3 N–H and O–H groups in total. The molecule has 0 saturated heterocycles. The summed E-state index contributed by atoms with van der Waals surface area (Å²) in [4.78, 5) is 24.3. The molecule has 1 saturated carbocycles. The third-order valence-electron chi connectivity index (χ3n) is 3.48. The molecule has 3 amide bonds. The van der Waals surface area contributed by atoms with Gasteiger partial charge in [-0.15, -0.1) is 0 Å². The molecule has 0 radical (unpaired) electrons. The highest BCUT2D eigenvalue weighted by Crippen LogP contribution is 2.15. The zero-order valence-electron chi connectivity index (χ0n) is 12.1. The first-order valence-corrected chi connectivity index (χ1v) is 7.25. The van der Waals surface area contributed by atoms with Crippen LogP contribution in [0, 0.1) is 5.82 Å². The Balaban J connectivity index is 1.88. The molecule has 0 aliphatic heterocycles. The van der Waals surface area contributed by atoms with Gasteiger partial charge < -0.3 is 10.2 Å². The molecule has 1 atom stereocenters. The van der Waals surface area contributed by atoms with Crippen molar-refractivity contribution in [1.29, 1.82) is 0 Å². The standard InChI is InChI=1S/C15H20FN3O2/c1-2-17-15(21)18-14(20)10-19(13-7-8-13)9-11-3-5-12(16)6-4-11/h3-6,13H,2,7-10H2,1H3,(H2,17,18,20,21)/p+1. The molecular formula is C15H21FN3O2+. The minimum atomic E-state index is -0.459. The summed E-state index contributed by atoms with van der Waals surface area (Å²) < 4.78 is 12.9. The van der Waals surface area contributed by atoms with E-state index in [0.717, 1.165) is 23.3 Å². The van der Waals surface area contributed by atoms with Crippen molar-refractivity contribution in [3.63, 3.8) is 0 Å². The van der Waals surface area contributed by atoms with Crippen LogP contribution in [0.1, 0.15) is 25.3 Å². The van der Waals surface area contributed by atoms with Crippen molar-refractivity contribution in [2.45, 2.75) is 32.4 Å². The summed E-state index contributed by atoms with van der Waals surface area (Å²) >= 11 is 0. The van der Waals surface area contributed by atoms with Gasteiger partial charge in [0.15, 0.2) is 6.54 Å². The van der Waals surface area contributed by atoms with Crippen LogP contribution in [0.3, 0.4) is 0 Å². The van der Waals surface area contributed by atoms with Gasteiger partial charge in [0, 0.05) is 24.9 Å². The van der Waals surface area contributed by atoms with Gasteiger partial charge in [-0.1, -0.05) is 12.1 Å². The van der Waals surface area contributed by atoms with Gasteiger partial charge in [0.1, 0.15) is 12.4 Å². The van der Waals surface area contributed by atoms with Crippen LogP contribution in [0.5, 0.6) is 0 Å². The van der Waals surface area contributed by atoms with Crippen LogP contribution >= 0.6 is 0 Å². The van der Waals surface area contributed by atoms with E-state index < -0.39 is 6.03 Å². The quantitative estimate of drug-likeness (QED) is 0.703. The highest BCUT2D eigenvalue weighted by Gasteiger charge is 2.34. The maximum atomic E-state index is 12.9. The van der Waals surface area contributed by atoms with E-state index in [9.17, 15) is 14.0 Å². The van der Waals surface area contributed by atoms with E-state index in [1.54, 1.807) is 19.1 Å². The van der Waals surface area contributed by atoms with Crippen LogP contribution in [0.25, 0.3) is 0 Å². The second-order valence-corrected chi connectivity index (χ2v) is 5.32. The van der Waals surface area contributed by atoms with E-state index in [1.807, 2.05) is 0 Å². The van der Waals surface area contributed by atoms with Crippen molar-refractivity contribution < 1.29 is 18.9 Å². The van der Waals surface area contributed by atoms with Crippen LogP contribution < -0.4 is 15.5 Å². The summed E-state index contributed by atoms with van der Waals surface area (Å²) in [6.45, 7) is 3.18. The number of carbonyl (C=O) groups excluding carboxylic acids is 2. The SMILES string of the molecule is CCNC(=O)NC(=O)C[NH+](Cc1ccc(F)cc1)C1CC1. The van der Waals surface area contributed by atoms with E-state index >= 15 is 0 Å². The topological polar surface area (TPSA) is 62.6 Å². The predicted octanol–water partition coefficient (Wildman–Crippen LogP) is 0.219. The Morgan fingerprint density at radius 2 is 1.95 bits per heavy atom. The molecule has 2 rings (SSSR count). The highest BCUT2D eigenvalue weighted by atomic mass is 19.1. The number of imide groups is 1.